The first-order valence-electron chi connectivity index (χ1n) is 6.53. The van der Waals surface area contributed by atoms with E-state index in [-0.39, 0.29) is 5.97 Å². The fourth-order valence-electron chi connectivity index (χ4n) is 2.68. The van der Waals surface area contributed by atoms with E-state index in [0.717, 1.165) is 21.8 Å². The van der Waals surface area contributed by atoms with Gasteiger partial charge in [-0.25, -0.2) is 0 Å². The number of halogens is 2. The highest BCUT2D eigenvalue weighted by atomic mass is 35.5. The van der Waals surface area contributed by atoms with Gasteiger partial charge in [-0.05, 0) is 43.3 Å². The number of rotatable bonds is 2. The fourth-order valence-corrected chi connectivity index (χ4v) is 3.03. The van der Waals surface area contributed by atoms with Crippen molar-refractivity contribution in [1.29, 1.82) is 0 Å². The zero-order chi connectivity index (χ0) is 15.1. The molecule has 0 saturated heterocycles. The van der Waals surface area contributed by atoms with Crippen LogP contribution in [0.25, 0.3) is 21.8 Å². The molecule has 5 heteroatoms. The lowest BCUT2D eigenvalue weighted by molar-refractivity contribution is -0.149. The first-order chi connectivity index (χ1) is 9.97. The SMILES string of the molecule is CC(=O)OC(C)n1c2ccc(Cl)cc2c2cc(Cl)ccc21. The highest BCUT2D eigenvalue weighted by Crippen LogP contribution is 2.35. The summed E-state index contributed by atoms with van der Waals surface area (Å²) in [5.41, 5.74) is 1.90. The smallest absolute Gasteiger partial charge is 0.304 e. The number of benzene rings is 2. The van der Waals surface area contributed by atoms with Gasteiger partial charge in [0.2, 0.25) is 0 Å². The van der Waals surface area contributed by atoms with Gasteiger partial charge >= 0.3 is 5.97 Å². The van der Waals surface area contributed by atoms with Crippen LogP contribution in [0.5, 0.6) is 0 Å². The molecule has 1 unspecified atom stereocenters. The average molecular weight is 322 g/mol. The van der Waals surface area contributed by atoms with Gasteiger partial charge in [0.15, 0.2) is 6.23 Å². The van der Waals surface area contributed by atoms with Crippen LogP contribution in [0, 0.1) is 0 Å². The summed E-state index contributed by atoms with van der Waals surface area (Å²) in [7, 11) is 0. The Labute approximate surface area is 132 Å². The van der Waals surface area contributed by atoms with Gasteiger partial charge in [0.25, 0.3) is 0 Å². The number of hydrogen-bond acceptors (Lipinski definition) is 2. The predicted octanol–water partition coefficient (Wildman–Crippen LogP) is 5.18. The minimum absolute atomic E-state index is 0.319. The molecule has 0 aliphatic rings. The van der Waals surface area contributed by atoms with Crippen molar-refractivity contribution in [2.24, 2.45) is 0 Å². The number of esters is 1. The van der Waals surface area contributed by atoms with Crippen molar-refractivity contribution >= 4 is 51.0 Å². The van der Waals surface area contributed by atoms with Crippen molar-refractivity contribution in [2.75, 3.05) is 0 Å². The molecular weight excluding hydrogens is 309 g/mol. The van der Waals surface area contributed by atoms with Crippen molar-refractivity contribution < 1.29 is 9.53 Å². The highest BCUT2D eigenvalue weighted by molar-refractivity contribution is 6.33. The predicted molar refractivity (Wildman–Crippen MR) is 85.9 cm³/mol. The molecule has 0 saturated carbocycles. The summed E-state index contributed by atoms with van der Waals surface area (Å²) in [5, 5.41) is 3.28. The Bertz CT molecular complexity index is 795. The van der Waals surface area contributed by atoms with Crippen LogP contribution in [0.15, 0.2) is 36.4 Å². The Balaban J connectivity index is 2.37. The first kappa shape index (κ1) is 14.2. The maximum absolute atomic E-state index is 11.3. The molecule has 1 aromatic heterocycles. The van der Waals surface area contributed by atoms with Crippen LogP contribution in [0.3, 0.4) is 0 Å². The van der Waals surface area contributed by atoms with E-state index in [9.17, 15) is 4.79 Å². The van der Waals surface area contributed by atoms with Gasteiger partial charge in [-0.15, -0.1) is 0 Å². The number of ether oxygens (including phenoxy) is 1. The number of carbonyl (C=O) groups is 1. The second-order valence-electron chi connectivity index (χ2n) is 4.90. The van der Waals surface area contributed by atoms with Crippen molar-refractivity contribution in [2.45, 2.75) is 20.1 Å². The van der Waals surface area contributed by atoms with Crippen LogP contribution in [0.4, 0.5) is 0 Å². The second kappa shape index (κ2) is 5.24. The monoisotopic (exact) mass is 321 g/mol. The molecule has 0 fully saturated rings. The van der Waals surface area contributed by atoms with Gasteiger partial charge in [0, 0.05) is 27.7 Å². The number of hydrogen-bond donors (Lipinski definition) is 0. The molecule has 0 aliphatic carbocycles. The van der Waals surface area contributed by atoms with E-state index in [2.05, 4.69) is 0 Å². The number of aromatic nitrogens is 1. The third kappa shape index (κ3) is 2.47. The van der Waals surface area contributed by atoms with Gasteiger partial charge in [-0.1, -0.05) is 23.2 Å². The summed E-state index contributed by atoms with van der Waals surface area (Å²) < 4.78 is 7.30. The number of fused-ring (bicyclic) bond motifs is 3. The van der Waals surface area contributed by atoms with Gasteiger partial charge in [-0.3, -0.25) is 4.79 Å². The maximum atomic E-state index is 11.3. The third-order valence-corrected chi connectivity index (χ3v) is 3.90. The van der Waals surface area contributed by atoms with Gasteiger partial charge in [-0.2, -0.15) is 0 Å². The average Bonchev–Trinajstić information content (AvgIpc) is 2.71. The molecule has 21 heavy (non-hydrogen) atoms. The van der Waals surface area contributed by atoms with Crippen LogP contribution >= 0.6 is 23.2 Å². The summed E-state index contributed by atoms with van der Waals surface area (Å²) in [6.45, 7) is 3.24. The molecule has 0 radical (unpaired) electrons. The third-order valence-electron chi connectivity index (χ3n) is 3.43. The summed E-state index contributed by atoms with van der Waals surface area (Å²) in [5.74, 6) is -0.319. The van der Waals surface area contributed by atoms with E-state index in [1.54, 1.807) is 0 Å². The van der Waals surface area contributed by atoms with Crippen molar-refractivity contribution in [3.63, 3.8) is 0 Å². The van der Waals surface area contributed by atoms with Crippen LogP contribution in [-0.2, 0) is 9.53 Å². The Kier molecular flexibility index (Phi) is 3.56. The molecule has 3 aromatic rings. The largest absolute Gasteiger partial charge is 0.442 e. The van der Waals surface area contributed by atoms with Crippen LogP contribution < -0.4 is 0 Å². The Morgan fingerprint density at radius 3 is 1.95 bits per heavy atom. The van der Waals surface area contributed by atoms with E-state index in [4.69, 9.17) is 27.9 Å². The number of carbonyl (C=O) groups excluding carboxylic acids is 1. The lowest BCUT2D eigenvalue weighted by Gasteiger charge is -2.16. The van der Waals surface area contributed by atoms with Crippen molar-refractivity contribution in [3.8, 4) is 0 Å². The van der Waals surface area contributed by atoms with E-state index in [1.807, 2.05) is 47.9 Å². The molecule has 1 atom stereocenters. The molecule has 0 bridgehead atoms. The molecule has 0 spiro atoms. The summed E-state index contributed by atoms with van der Waals surface area (Å²) in [6.07, 6.45) is -0.412. The quantitative estimate of drug-likeness (QED) is 0.609. The zero-order valence-electron chi connectivity index (χ0n) is 11.6. The Morgan fingerprint density at radius 1 is 1.05 bits per heavy atom. The van der Waals surface area contributed by atoms with E-state index >= 15 is 0 Å². The topological polar surface area (TPSA) is 31.2 Å². The van der Waals surface area contributed by atoms with Gasteiger partial charge in [0.05, 0.1) is 11.0 Å². The lowest BCUT2D eigenvalue weighted by atomic mass is 10.1. The van der Waals surface area contributed by atoms with Crippen LogP contribution in [0.2, 0.25) is 10.0 Å². The Morgan fingerprint density at radius 2 is 1.52 bits per heavy atom. The van der Waals surface area contributed by atoms with Gasteiger partial charge in [0.1, 0.15) is 0 Å². The summed E-state index contributed by atoms with van der Waals surface area (Å²) in [6, 6.07) is 11.3. The van der Waals surface area contributed by atoms with Crippen molar-refractivity contribution in [3.05, 3.63) is 46.4 Å². The molecule has 3 rings (SSSR count). The molecule has 0 amide bonds. The fraction of sp³-hybridized carbons (Fsp3) is 0.188. The van der Waals surface area contributed by atoms with E-state index in [0.29, 0.717) is 10.0 Å². The molecular formula is C16H13Cl2NO2. The molecule has 3 nitrogen and oxygen atoms in total. The lowest BCUT2D eigenvalue weighted by Crippen LogP contribution is -2.12. The maximum Gasteiger partial charge on any atom is 0.304 e. The summed E-state index contributed by atoms with van der Waals surface area (Å²) in [4.78, 5) is 11.3. The molecule has 2 aromatic carbocycles. The first-order valence-corrected chi connectivity index (χ1v) is 7.29. The second-order valence-corrected chi connectivity index (χ2v) is 5.77. The molecule has 0 aliphatic heterocycles. The minimum atomic E-state index is -0.412. The summed E-state index contributed by atoms with van der Waals surface area (Å²) >= 11 is 12.2. The molecule has 1 heterocycles. The highest BCUT2D eigenvalue weighted by Gasteiger charge is 2.17. The van der Waals surface area contributed by atoms with Crippen LogP contribution in [0.1, 0.15) is 20.1 Å². The van der Waals surface area contributed by atoms with E-state index < -0.39 is 6.23 Å². The molecule has 0 N–H and O–H groups in total. The van der Waals surface area contributed by atoms with Gasteiger partial charge < -0.3 is 9.30 Å². The molecule has 108 valence electrons. The minimum Gasteiger partial charge on any atom is -0.442 e. The van der Waals surface area contributed by atoms with Crippen molar-refractivity contribution in [1.82, 2.24) is 4.57 Å². The Hall–Kier alpha value is -1.71. The standard InChI is InChI=1S/C16H13Cl2NO2/c1-9(21-10(2)20)19-15-5-3-11(17)7-13(15)14-8-12(18)4-6-16(14)19/h3-9H,1-2H3. The van der Waals surface area contributed by atoms with Crippen LogP contribution in [-0.4, -0.2) is 10.5 Å². The number of nitrogens with zero attached hydrogens (tertiary/aromatic N) is 1. The van der Waals surface area contributed by atoms with E-state index in [1.165, 1.54) is 6.92 Å². The normalized spacial score (nSPS) is 12.8. The zero-order valence-corrected chi connectivity index (χ0v) is 13.1.